The van der Waals surface area contributed by atoms with Gasteiger partial charge in [0.2, 0.25) is 5.91 Å². The maximum Gasteiger partial charge on any atom is 0.410 e. The second-order valence-electron chi connectivity index (χ2n) is 9.65. The van der Waals surface area contributed by atoms with Gasteiger partial charge in [0, 0.05) is 50.9 Å². The van der Waals surface area contributed by atoms with Crippen molar-refractivity contribution in [3.05, 3.63) is 18.2 Å². The molecule has 0 aromatic carbocycles. The number of likely N-dealkylation sites (tertiary alicyclic amines) is 1. The highest BCUT2D eigenvalue weighted by Gasteiger charge is 2.33. The Balaban J connectivity index is 1.40. The van der Waals surface area contributed by atoms with Gasteiger partial charge in [-0.1, -0.05) is 0 Å². The Morgan fingerprint density at radius 3 is 2.38 bits per heavy atom. The quantitative estimate of drug-likeness (QED) is 0.828. The molecule has 0 spiro atoms. The van der Waals surface area contributed by atoms with Crippen molar-refractivity contribution in [3.8, 4) is 0 Å². The number of H-pyrrole nitrogens is 1. The summed E-state index contributed by atoms with van der Waals surface area (Å²) >= 11 is 0. The molecule has 1 saturated heterocycles. The average molecular weight is 405 g/mol. The van der Waals surface area contributed by atoms with Gasteiger partial charge >= 0.3 is 6.09 Å². The van der Waals surface area contributed by atoms with Crippen LogP contribution in [0.2, 0.25) is 0 Å². The summed E-state index contributed by atoms with van der Waals surface area (Å²) in [5.41, 5.74) is -0.472. The Kier molecular flexibility index (Phi) is 6.85. The molecule has 7 nitrogen and oxygen atoms in total. The molecule has 1 aliphatic heterocycles. The summed E-state index contributed by atoms with van der Waals surface area (Å²) in [7, 11) is 1.80. The third-order valence-corrected chi connectivity index (χ3v) is 6.15. The van der Waals surface area contributed by atoms with Gasteiger partial charge in [-0.3, -0.25) is 4.79 Å². The van der Waals surface area contributed by atoms with E-state index >= 15 is 0 Å². The third kappa shape index (κ3) is 5.97. The van der Waals surface area contributed by atoms with Crippen LogP contribution < -0.4 is 0 Å². The normalized spacial score (nSPS) is 23.7. The molecule has 1 aromatic rings. The van der Waals surface area contributed by atoms with E-state index in [1.54, 1.807) is 18.1 Å². The van der Waals surface area contributed by atoms with Crippen molar-refractivity contribution in [1.82, 2.24) is 19.8 Å². The van der Waals surface area contributed by atoms with E-state index in [2.05, 4.69) is 14.9 Å². The fraction of sp³-hybridized carbons (Fsp3) is 0.773. The molecule has 1 aliphatic carbocycles. The standard InChI is InChI=1S/C22H36N4O3/c1-22(2,3)29-21(28)25(4)15-16-5-7-18(8-6-16)20(27)26-13-9-17(10-14-26)19-23-11-12-24-19/h11-12,16-18H,5-10,13-15H2,1-4H3,(H,23,24). The molecule has 0 radical (unpaired) electrons. The summed E-state index contributed by atoms with van der Waals surface area (Å²) in [5.74, 6) is 2.39. The van der Waals surface area contributed by atoms with Gasteiger partial charge in [0.05, 0.1) is 0 Å². The number of carbonyl (C=O) groups excluding carboxylic acids is 2. The van der Waals surface area contributed by atoms with Gasteiger partial charge in [-0.25, -0.2) is 9.78 Å². The summed E-state index contributed by atoms with van der Waals surface area (Å²) in [4.78, 5) is 36.4. The highest BCUT2D eigenvalue weighted by Crippen LogP contribution is 2.33. The van der Waals surface area contributed by atoms with Crippen molar-refractivity contribution in [3.63, 3.8) is 0 Å². The minimum Gasteiger partial charge on any atom is -0.444 e. The number of ether oxygens (including phenoxy) is 1. The van der Waals surface area contributed by atoms with Gasteiger partial charge in [0.1, 0.15) is 11.4 Å². The highest BCUT2D eigenvalue weighted by atomic mass is 16.6. The lowest BCUT2D eigenvalue weighted by Gasteiger charge is -2.36. The molecule has 2 aliphatic rings. The Bertz CT molecular complexity index is 667. The molecule has 1 N–H and O–H groups in total. The number of aromatic nitrogens is 2. The third-order valence-electron chi connectivity index (χ3n) is 6.15. The van der Waals surface area contributed by atoms with Crippen LogP contribution in [0.4, 0.5) is 4.79 Å². The van der Waals surface area contributed by atoms with Crippen LogP contribution in [-0.4, -0.2) is 64.1 Å². The molecule has 0 unspecified atom stereocenters. The summed E-state index contributed by atoms with van der Waals surface area (Å²) in [6.07, 6.45) is 9.18. The molecule has 0 atom stereocenters. The van der Waals surface area contributed by atoms with Gasteiger partial charge < -0.3 is 19.5 Å². The average Bonchev–Trinajstić information content (AvgIpc) is 3.21. The fourth-order valence-electron chi connectivity index (χ4n) is 4.53. The van der Waals surface area contributed by atoms with Crippen LogP contribution in [-0.2, 0) is 9.53 Å². The van der Waals surface area contributed by atoms with E-state index in [4.69, 9.17) is 4.74 Å². The van der Waals surface area contributed by atoms with Crippen molar-refractivity contribution >= 4 is 12.0 Å². The topological polar surface area (TPSA) is 78.5 Å². The van der Waals surface area contributed by atoms with Crippen LogP contribution in [0.1, 0.15) is 71.0 Å². The van der Waals surface area contributed by atoms with Crippen molar-refractivity contribution in [2.45, 2.75) is 70.8 Å². The number of aromatic amines is 1. The monoisotopic (exact) mass is 404 g/mol. The van der Waals surface area contributed by atoms with Crippen LogP contribution in [0.3, 0.4) is 0 Å². The fourth-order valence-corrected chi connectivity index (χ4v) is 4.53. The zero-order valence-electron chi connectivity index (χ0n) is 18.3. The van der Waals surface area contributed by atoms with Crippen molar-refractivity contribution < 1.29 is 14.3 Å². The second-order valence-corrected chi connectivity index (χ2v) is 9.65. The number of imidazole rings is 1. The molecule has 0 bridgehead atoms. The minimum atomic E-state index is -0.472. The summed E-state index contributed by atoms with van der Waals surface area (Å²) < 4.78 is 5.43. The molecule has 1 saturated carbocycles. The van der Waals surface area contributed by atoms with Crippen molar-refractivity contribution in [2.24, 2.45) is 11.8 Å². The molecule has 29 heavy (non-hydrogen) atoms. The number of nitrogens with zero attached hydrogens (tertiary/aromatic N) is 3. The predicted octanol–water partition coefficient (Wildman–Crippen LogP) is 3.79. The van der Waals surface area contributed by atoms with Gasteiger partial charge in [0.15, 0.2) is 0 Å². The van der Waals surface area contributed by atoms with Crippen LogP contribution >= 0.6 is 0 Å². The maximum absolute atomic E-state index is 13.0. The summed E-state index contributed by atoms with van der Waals surface area (Å²) in [6, 6.07) is 0. The molecule has 1 aromatic heterocycles. The lowest BCUT2D eigenvalue weighted by atomic mass is 9.80. The number of piperidine rings is 1. The highest BCUT2D eigenvalue weighted by molar-refractivity contribution is 5.79. The van der Waals surface area contributed by atoms with E-state index in [1.807, 2.05) is 27.0 Å². The predicted molar refractivity (Wildman–Crippen MR) is 111 cm³/mol. The summed E-state index contributed by atoms with van der Waals surface area (Å²) in [5, 5.41) is 0. The van der Waals surface area contributed by atoms with E-state index in [0.717, 1.165) is 57.4 Å². The Hall–Kier alpha value is -2.05. The largest absolute Gasteiger partial charge is 0.444 e. The lowest BCUT2D eigenvalue weighted by molar-refractivity contribution is -0.138. The number of nitrogens with one attached hydrogen (secondary N) is 1. The first kappa shape index (κ1) is 21.7. The van der Waals surface area contributed by atoms with E-state index in [1.165, 1.54) is 0 Å². The van der Waals surface area contributed by atoms with E-state index in [9.17, 15) is 9.59 Å². The Morgan fingerprint density at radius 2 is 1.83 bits per heavy atom. The van der Waals surface area contributed by atoms with Gasteiger partial charge in [-0.05, 0) is 65.2 Å². The van der Waals surface area contributed by atoms with Gasteiger partial charge in [-0.15, -0.1) is 0 Å². The molecule has 3 rings (SSSR count). The van der Waals surface area contributed by atoms with Crippen LogP contribution in [0.25, 0.3) is 0 Å². The number of rotatable bonds is 4. The molecule has 162 valence electrons. The lowest BCUT2D eigenvalue weighted by Crippen LogP contribution is -2.43. The molecular weight excluding hydrogens is 368 g/mol. The van der Waals surface area contributed by atoms with Crippen molar-refractivity contribution in [2.75, 3.05) is 26.7 Å². The SMILES string of the molecule is CN(CC1CCC(C(=O)N2CCC(c3ncc[nH]3)CC2)CC1)C(=O)OC(C)(C)C. The molecular formula is C22H36N4O3. The summed E-state index contributed by atoms with van der Waals surface area (Å²) in [6.45, 7) is 7.99. The Morgan fingerprint density at radius 1 is 1.17 bits per heavy atom. The number of amides is 2. The van der Waals surface area contributed by atoms with Gasteiger partial charge in [-0.2, -0.15) is 0 Å². The zero-order valence-corrected chi connectivity index (χ0v) is 18.3. The first-order chi connectivity index (χ1) is 13.7. The second kappa shape index (κ2) is 9.18. The van der Waals surface area contributed by atoms with E-state index in [0.29, 0.717) is 24.3 Å². The first-order valence-corrected chi connectivity index (χ1v) is 10.9. The van der Waals surface area contributed by atoms with E-state index < -0.39 is 5.60 Å². The minimum absolute atomic E-state index is 0.137. The van der Waals surface area contributed by atoms with E-state index in [-0.39, 0.29) is 12.0 Å². The number of hydrogen-bond acceptors (Lipinski definition) is 4. The maximum atomic E-state index is 13.0. The Labute approximate surface area is 174 Å². The molecule has 2 fully saturated rings. The number of hydrogen-bond donors (Lipinski definition) is 1. The van der Waals surface area contributed by atoms with Crippen molar-refractivity contribution in [1.29, 1.82) is 0 Å². The first-order valence-electron chi connectivity index (χ1n) is 10.9. The van der Waals surface area contributed by atoms with Crippen LogP contribution in [0.5, 0.6) is 0 Å². The molecule has 2 heterocycles. The van der Waals surface area contributed by atoms with Crippen LogP contribution in [0.15, 0.2) is 12.4 Å². The molecule has 7 heteroatoms. The number of carbonyl (C=O) groups is 2. The molecule has 2 amide bonds. The van der Waals surface area contributed by atoms with Crippen LogP contribution in [0, 0.1) is 11.8 Å². The van der Waals surface area contributed by atoms with Gasteiger partial charge in [0.25, 0.3) is 0 Å². The zero-order chi connectivity index (χ0) is 21.0. The smallest absolute Gasteiger partial charge is 0.410 e.